The van der Waals surface area contributed by atoms with E-state index in [0.29, 0.717) is 23.0 Å². The third-order valence-corrected chi connectivity index (χ3v) is 8.65. The highest BCUT2D eigenvalue weighted by atomic mass is 16.3. The molecule has 7 unspecified atom stereocenters. The number of ketones is 1. The zero-order valence-corrected chi connectivity index (χ0v) is 15.0. The fourth-order valence-corrected chi connectivity index (χ4v) is 7.41. The van der Waals surface area contributed by atoms with E-state index in [4.69, 9.17) is 0 Å². The van der Waals surface area contributed by atoms with Crippen LogP contribution in [0.4, 0.5) is 0 Å². The van der Waals surface area contributed by atoms with Gasteiger partial charge in [0.25, 0.3) is 0 Å². The molecule has 3 saturated carbocycles. The topological polar surface area (TPSA) is 37.3 Å². The highest BCUT2D eigenvalue weighted by molar-refractivity contribution is 5.91. The predicted molar refractivity (Wildman–Crippen MR) is 91.9 cm³/mol. The minimum absolute atomic E-state index is 0.0913. The van der Waals surface area contributed by atoms with Gasteiger partial charge in [-0.15, -0.1) is 0 Å². The van der Waals surface area contributed by atoms with E-state index in [1.165, 1.54) is 24.8 Å². The van der Waals surface area contributed by atoms with Crippen molar-refractivity contribution in [3.05, 3.63) is 11.6 Å². The summed E-state index contributed by atoms with van der Waals surface area (Å²) in [7, 11) is 0. The zero-order chi connectivity index (χ0) is 16.4. The largest absolute Gasteiger partial charge is 0.393 e. The third kappa shape index (κ3) is 2.06. The number of rotatable bonds is 1. The molecule has 0 aliphatic heterocycles. The van der Waals surface area contributed by atoms with Gasteiger partial charge >= 0.3 is 0 Å². The average Bonchev–Trinajstić information content (AvgIpc) is 2.77. The molecule has 7 atom stereocenters. The van der Waals surface area contributed by atoms with Crippen LogP contribution >= 0.6 is 0 Å². The Morgan fingerprint density at radius 2 is 1.96 bits per heavy atom. The normalized spacial score (nSPS) is 52.4. The third-order valence-electron chi connectivity index (χ3n) is 8.65. The maximum Gasteiger partial charge on any atom is 0.155 e. The molecule has 3 fully saturated rings. The highest BCUT2D eigenvalue weighted by Gasteiger charge is 2.60. The Kier molecular flexibility index (Phi) is 3.58. The van der Waals surface area contributed by atoms with Crippen LogP contribution in [0.15, 0.2) is 11.6 Å². The Hall–Kier alpha value is -0.630. The van der Waals surface area contributed by atoms with E-state index in [2.05, 4.69) is 20.8 Å². The average molecular weight is 316 g/mol. The fourth-order valence-electron chi connectivity index (χ4n) is 7.41. The van der Waals surface area contributed by atoms with Gasteiger partial charge in [-0.2, -0.15) is 0 Å². The van der Waals surface area contributed by atoms with Gasteiger partial charge in [-0.25, -0.2) is 0 Å². The molecule has 0 heterocycles. The number of carbonyl (C=O) groups excluding carboxylic acids is 1. The molecule has 0 aromatic rings. The van der Waals surface area contributed by atoms with Crippen molar-refractivity contribution < 1.29 is 9.90 Å². The van der Waals surface area contributed by atoms with Crippen LogP contribution in [0, 0.1) is 34.5 Å². The first-order chi connectivity index (χ1) is 10.9. The van der Waals surface area contributed by atoms with Gasteiger partial charge in [0.2, 0.25) is 0 Å². The molecule has 0 aromatic heterocycles. The summed E-state index contributed by atoms with van der Waals surface area (Å²) in [5, 5.41) is 10.7. The van der Waals surface area contributed by atoms with Gasteiger partial charge in [-0.1, -0.05) is 32.8 Å². The fraction of sp³-hybridized carbons (Fsp3) is 0.857. The number of aliphatic hydroxyl groups is 1. The summed E-state index contributed by atoms with van der Waals surface area (Å²) in [6.45, 7) is 7.16. The summed E-state index contributed by atoms with van der Waals surface area (Å²) in [5.74, 6) is 3.02. The first-order valence-electron chi connectivity index (χ1n) is 9.82. The lowest BCUT2D eigenvalue weighted by Crippen LogP contribution is -2.50. The monoisotopic (exact) mass is 316 g/mol. The van der Waals surface area contributed by atoms with Crippen molar-refractivity contribution in [2.24, 2.45) is 34.5 Å². The quantitative estimate of drug-likeness (QED) is 0.772. The summed E-state index contributed by atoms with van der Waals surface area (Å²) < 4.78 is 0. The highest BCUT2D eigenvalue weighted by Crippen LogP contribution is 2.66. The van der Waals surface area contributed by atoms with E-state index in [9.17, 15) is 9.90 Å². The molecule has 0 amide bonds. The van der Waals surface area contributed by atoms with Gasteiger partial charge in [0.15, 0.2) is 5.78 Å². The maximum atomic E-state index is 11.9. The molecular weight excluding hydrogens is 284 g/mol. The van der Waals surface area contributed by atoms with Crippen LogP contribution in [0.2, 0.25) is 0 Å². The van der Waals surface area contributed by atoms with Crippen LogP contribution in [0.5, 0.6) is 0 Å². The van der Waals surface area contributed by atoms with Crippen molar-refractivity contribution in [3.8, 4) is 0 Å². The lowest BCUT2D eigenvalue weighted by Gasteiger charge is -2.58. The maximum absolute atomic E-state index is 11.9. The van der Waals surface area contributed by atoms with Crippen LogP contribution in [0.1, 0.15) is 72.1 Å². The van der Waals surface area contributed by atoms with Gasteiger partial charge in [0, 0.05) is 6.42 Å². The molecule has 0 spiro atoms. The van der Waals surface area contributed by atoms with Crippen molar-refractivity contribution in [2.45, 2.75) is 78.2 Å². The Bertz CT molecular complexity index is 550. The number of hydrogen-bond donors (Lipinski definition) is 1. The van der Waals surface area contributed by atoms with Crippen LogP contribution in [-0.2, 0) is 4.79 Å². The summed E-state index contributed by atoms with van der Waals surface area (Å²) in [6, 6.07) is 0. The Morgan fingerprint density at radius 3 is 2.70 bits per heavy atom. The molecule has 0 aromatic carbocycles. The summed E-state index contributed by atoms with van der Waals surface area (Å²) >= 11 is 0. The second-order valence-corrected chi connectivity index (χ2v) is 9.33. The first-order valence-corrected chi connectivity index (χ1v) is 9.82. The molecule has 0 radical (unpaired) electrons. The molecule has 1 N–H and O–H groups in total. The van der Waals surface area contributed by atoms with Crippen LogP contribution in [0.3, 0.4) is 0 Å². The SMILES string of the molecule is CCC1C(O)CC2C3CCC4=CC(=O)CCC4(C)C3CCC12C. The van der Waals surface area contributed by atoms with E-state index in [1.54, 1.807) is 0 Å². The van der Waals surface area contributed by atoms with E-state index in [-0.39, 0.29) is 11.5 Å². The van der Waals surface area contributed by atoms with E-state index in [0.717, 1.165) is 43.9 Å². The molecule has 4 rings (SSSR count). The Balaban J connectivity index is 1.68. The van der Waals surface area contributed by atoms with E-state index >= 15 is 0 Å². The van der Waals surface area contributed by atoms with Gasteiger partial charge < -0.3 is 5.11 Å². The van der Waals surface area contributed by atoms with Crippen molar-refractivity contribution in [3.63, 3.8) is 0 Å². The standard InChI is InChI=1S/C21H32O2/c1-4-16-19(23)12-18-15-6-5-13-11-14(22)7-9-20(13,2)17(15)8-10-21(16,18)3/h11,15-19,23H,4-10,12H2,1-3H3. The van der Waals surface area contributed by atoms with Gasteiger partial charge in [0.1, 0.15) is 0 Å². The van der Waals surface area contributed by atoms with Crippen molar-refractivity contribution in [1.82, 2.24) is 0 Å². The summed E-state index contributed by atoms with van der Waals surface area (Å²) in [4.78, 5) is 11.9. The van der Waals surface area contributed by atoms with Crippen LogP contribution in [-0.4, -0.2) is 17.0 Å². The van der Waals surface area contributed by atoms with Crippen molar-refractivity contribution >= 4 is 5.78 Å². The van der Waals surface area contributed by atoms with E-state index in [1.807, 2.05) is 6.08 Å². The molecule has 128 valence electrons. The number of carbonyl (C=O) groups is 1. The van der Waals surface area contributed by atoms with Gasteiger partial charge in [-0.05, 0) is 79.1 Å². The number of allylic oxidation sites excluding steroid dienone is 1. The molecular formula is C21H32O2. The lowest BCUT2D eigenvalue weighted by molar-refractivity contribution is -0.117. The van der Waals surface area contributed by atoms with Gasteiger partial charge in [-0.3, -0.25) is 4.79 Å². The van der Waals surface area contributed by atoms with Crippen molar-refractivity contribution in [1.29, 1.82) is 0 Å². The predicted octanol–water partition coefficient (Wildman–Crippen LogP) is 4.52. The lowest BCUT2D eigenvalue weighted by atomic mass is 9.47. The molecule has 4 aliphatic carbocycles. The number of fused-ring (bicyclic) bond motifs is 5. The summed E-state index contributed by atoms with van der Waals surface area (Å²) in [5.41, 5.74) is 2.05. The minimum atomic E-state index is -0.0913. The molecule has 0 saturated heterocycles. The first kappa shape index (κ1) is 15.9. The molecule has 0 bridgehead atoms. The summed E-state index contributed by atoms with van der Waals surface area (Å²) in [6.07, 6.45) is 10.7. The molecule has 4 aliphatic rings. The van der Waals surface area contributed by atoms with Crippen LogP contribution in [0.25, 0.3) is 0 Å². The second-order valence-electron chi connectivity index (χ2n) is 9.33. The Morgan fingerprint density at radius 1 is 1.17 bits per heavy atom. The molecule has 23 heavy (non-hydrogen) atoms. The van der Waals surface area contributed by atoms with E-state index < -0.39 is 0 Å². The molecule has 2 heteroatoms. The number of aliphatic hydroxyl groups excluding tert-OH is 1. The minimum Gasteiger partial charge on any atom is -0.393 e. The Labute approximate surface area is 140 Å². The van der Waals surface area contributed by atoms with Crippen LogP contribution < -0.4 is 0 Å². The number of hydrogen-bond acceptors (Lipinski definition) is 2. The van der Waals surface area contributed by atoms with Gasteiger partial charge in [0.05, 0.1) is 6.10 Å². The zero-order valence-electron chi connectivity index (χ0n) is 15.0. The smallest absolute Gasteiger partial charge is 0.155 e. The van der Waals surface area contributed by atoms with Crippen molar-refractivity contribution in [2.75, 3.05) is 0 Å². The second kappa shape index (κ2) is 5.18. The molecule has 2 nitrogen and oxygen atoms in total.